The van der Waals surface area contributed by atoms with Gasteiger partial charge in [-0.25, -0.2) is 0 Å². The number of carbonyl (C=O) groups is 1. The van der Waals surface area contributed by atoms with Crippen molar-refractivity contribution in [2.24, 2.45) is 13.0 Å². The van der Waals surface area contributed by atoms with E-state index >= 15 is 0 Å². The van der Waals surface area contributed by atoms with Gasteiger partial charge >= 0.3 is 0 Å². The van der Waals surface area contributed by atoms with Gasteiger partial charge in [-0.05, 0) is 6.42 Å². The Hall–Kier alpha value is -1.56. The van der Waals surface area contributed by atoms with Crippen LogP contribution in [0.5, 0.6) is 0 Å². The van der Waals surface area contributed by atoms with Gasteiger partial charge in [0.1, 0.15) is 5.69 Å². The summed E-state index contributed by atoms with van der Waals surface area (Å²) in [5.41, 5.74) is 6.53. The highest BCUT2D eigenvalue weighted by molar-refractivity contribution is 5.97. The Morgan fingerprint density at radius 2 is 2.50 bits per heavy atom. The number of nitrogens with two attached hydrogens (primary N) is 1. The van der Waals surface area contributed by atoms with E-state index < -0.39 is 0 Å². The number of nitrogen functional groups attached to an aromatic ring is 1. The standard InChI is InChI=1S/C10H16N4O2/c1-13-9(8(11)4-12-13)10(16)14-3-2-7(5-14)6-15/h4,7,15H,2-3,5-6,11H2,1H3. The molecule has 1 amide bonds. The lowest BCUT2D eigenvalue weighted by Crippen LogP contribution is -2.31. The molecule has 3 N–H and O–H groups in total. The molecule has 6 heteroatoms. The number of amides is 1. The van der Waals surface area contributed by atoms with Gasteiger partial charge < -0.3 is 15.7 Å². The summed E-state index contributed by atoms with van der Waals surface area (Å²) in [5.74, 6) is 0.0897. The summed E-state index contributed by atoms with van der Waals surface area (Å²) in [5, 5.41) is 13.0. The smallest absolute Gasteiger partial charge is 0.274 e. The maximum Gasteiger partial charge on any atom is 0.274 e. The number of hydrogen-bond donors (Lipinski definition) is 2. The van der Waals surface area contributed by atoms with Crippen molar-refractivity contribution in [3.63, 3.8) is 0 Å². The predicted molar refractivity (Wildman–Crippen MR) is 58.7 cm³/mol. The fourth-order valence-electron chi connectivity index (χ4n) is 2.03. The zero-order valence-electron chi connectivity index (χ0n) is 9.26. The number of hydrogen-bond acceptors (Lipinski definition) is 4. The molecule has 0 aromatic carbocycles. The first-order valence-electron chi connectivity index (χ1n) is 5.31. The third kappa shape index (κ3) is 1.76. The minimum atomic E-state index is -0.103. The third-order valence-electron chi connectivity index (χ3n) is 3.00. The van der Waals surface area contributed by atoms with Crippen molar-refractivity contribution in [2.75, 3.05) is 25.4 Å². The Balaban J connectivity index is 2.15. The van der Waals surface area contributed by atoms with Crippen LogP contribution in [-0.4, -0.2) is 45.4 Å². The Kier molecular flexibility index (Phi) is 2.82. The lowest BCUT2D eigenvalue weighted by Gasteiger charge is -2.16. The predicted octanol–water partition coefficient (Wildman–Crippen LogP) is -0.543. The van der Waals surface area contributed by atoms with Gasteiger partial charge in [0.15, 0.2) is 0 Å². The van der Waals surface area contributed by atoms with E-state index in [9.17, 15) is 4.79 Å². The van der Waals surface area contributed by atoms with E-state index in [0.717, 1.165) is 6.42 Å². The van der Waals surface area contributed by atoms with Gasteiger partial charge in [-0.2, -0.15) is 5.10 Å². The average Bonchev–Trinajstić information content (AvgIpc) is 2.85. The second-order valence-corrected chi connectivity index (χ2v) is 4.16. The minimum absolute atomic E-state index is 0.103. The van der Waals surface area contributed by atoms with Crippen molar-refractivity contribution in [1.29, 1.82) is 0 Å². The zero-order valence-corrected chi connectivity index (χ0v) is 9.26. The van der Waals surface area contributed by atoms with Crippen molar-refractivity contribution in [2.45, 2.75) is 6.42 Å². The van der Waals surface area contributed by atoms with Gasteiger partial charge in [0.25, 0.3) is 5.91 Å². The molecule has 0 bridgehead atoms. The Morgan fingerprint density at radius 1 is 1.75 bits per heavy atom. The van der Waals surface area contributed by atoms with Gasteiger partial charge in [-0.1, -0.05) is 0 Å². The molecule has 88 valence electrons. The van der Waals surface area contributed by atoms with Crippen molar-refractivity contribution >= 4 is 11.6 Å². The first kappa shape index (κ1) is 10.9. The van der Waals surface area contributed by atoms with Gasteiger partial charge in [0.05, 0.1) is 11.9 Å². The second kappa shape index (κ2) is 4.13. The van der Waals surface area contributed by atoms with E-state index in [1.165, 1.54) is 10.9 Å². The molecule has 16 heavy (non-hydrogen) atoms. The molecule has 2 heterocycles. The fourth-order valence-corrected chi connectivity index (χ4v) is 2.03. The molecular formula is C10H16N4O2. The number of nitrogens with zero attached hydrogens (tertiary/aromatic N) is 3. The summed E-state index contributed by atoms with van der Waals surface area (Å²) in [6, 6.07) is 0. The van der Waals surface area contributed by atoms with Crippen molar-refractivity contribution < 1.29 is 9.90 Å². The second-order valence-electron chi connectivity index (χ2n) is 4.16. The van der Waals surface area contributed by atoms with Gasteiger partial charge in [0, 0.05) is 32.7 Å². The highest BCUT2D eigenvalue weighted by atomic mass is 16.3. The van der Waals surface area contributed by atoms with E-state index in [4.69, 9.17) is 10.8 Å². The highest BCUT2D eigenvalue weighted by Gasteiger charge is 2.29. The molecule has 1 saturated heterocycles. The fraction of sp³-hybridized carbons (Fsp3) is 0.600. The van der Waals surface area contributed by atoms with Crippen LogP contribution in [0, 0.1) is 5.92 Å². The van der Waals surface area contributed by atoms with Crippen molar-refractivity contribution in [3.8, 4) is 0 Å². The molecule has 0 saturated carbocycles. The number of likely N-dealkylation sites (tertiary alicyclic amines) is 1. The molecule has 1 fully saturated rings. The molecule has 1 aliphatic rings. The van der Waals surface area contributed by atoms with Crippen LogP contribution in [0.3, 0.4) is 0 Å². The van der Waals surface area contributed by atoms with E-state index in [0.29, 0.717) is 24.5 Å². The molecule has 0 spiro atoms. The molecule has 6 nitrogen and oxygen atoms in total. The number of aryl methyl sites for hydroxylation is 1. The summed E-state index contributed by atoms with van der Waals surface area (Å²) < 4.78 is 1.49. The summed E-state index contributed by atoms with van der Waals surface area (Å²) in [4.78, 5) is 13.8. The van der Waals surface area contributed by atoms with Crippen LogP contribution in [0.25, 0.3) is 0 Å². The number of carbonyl (C=O) groups excluding carboxylic acids is 1. The first-order chi connectivity index (χ1) is 7.63. The topological polar surface area (TPSA) is 84.4 Å². The molecular weight excluding hydrogens is 208 g/mol. The largest absolute Gasteiger partial charge is 0.396 e. The Morgan fingerprint density at radius 3 is 3.00 bits per heavy atom. The lowest BCUT2D eigenvalue weighted by atomic mass is 10.1. The Labute approximate surface area is 93.6 Å². The van der Waals surface area contributed by atoms with Crippen LogP contribution in [0.15, 0.2) is 6.20 Å². The van der Waals surface area contributed by atoms with Crippen LogP contribution in [0.4, 0.5) is 5.69 Å². The van der Waals surface area contributed by atoms with Crippen LogP contribution < -0.4 is 5.73 Å². The van der Waals surface area contributed by atoms with E-state index in [-0.39, 0.29) is 18.4 Å². The van der Waals surface area contributed by atoms with Gasteiger partial charge in [0.2, 0.25) is 0 Å². The van der Waals surface area contributed by atoms with Gasteiger partial charge in [-0.15, -0.1) is 0 Å². The molecule has 1 aliphatic heterocycles. The molecule has 2 rings (SSSR count). The SMILES string of the molecule is Cn1ncc(N)c1C(=O)N1CCC(CO)C1. The Bertz CT molecular complexity index is 382. The summed E-state index contributed by atoms with van der Waals surface area (Å²) in [6.45, 7) is 1.40. The molecule has 0 aliphatic carbocycles. The number of aromatic nitrogens is 2. The maximum absolute atomic E-state index is 12.1. The summed E-state index contributed by atoms with van der Waals surface area (Å²) in [6.07, 6.45) is 2.33. The molecule has 1 unspecified atom stereocenters. The number of aliphatic hydroxyl groups excluding tert-OH is 1. The normalized spacial score (nSPS) is 20.4. The zero-order chi connectivity index (χ0) is 11.7. The van der Waals surface area contributed by atoms with E-state index in [1.807, 2.05) is 0 Å². The average molecular weight is 224 g/mol. The van der Waals surface area contributed by atoms with Crippen molar-refractivity contribution in [3.05, 3.63) is 11.9 Å². The third-order valence-corrected chi connectivity index (χ3v) is 3.00. The lowest BCUT2D eigenvalue weighted by molar-refractivity contribution is 0.0772. The molecule has 1 aromatic rings. The number of rotatable bonds is 2. The van der Waals surface area contributed by atoms with Crippen LogP contribution in [0.2, 0.25) is 0 Å². The van der Waals surface area contributed by atoms with Crippen molar-refractivity contribution in [1.82, 2.24) is 14.7 Å². The van der Waals surface area contributed by atoms with E-state index in [2.05, 4.69) is 5.10 Å². The molecule has 0 radical (unpaired) electrons. The van der Waals surface area contributed by atoms with Crippen LogP contribution >= 0.6 is 0 Å². The van der Waals surface area contributed by atoms with Crippen LogP contribution in [-0.2, 0) is 7.05 Å². The summed E-state index contributed by atoms with van der Waals surface area (Å²) in [7, 11) is 1.70. The number of anilines is 1. The molecule has 1 aromatic heterocycles. The summed E-state index contributed by atoms with van der Waals surface area (Å²) >= 11 is 0. The van der Waals surface area contributed by atoms with Crippen LogP contribution in [0.1, 0.15) is 16.9 Å². The van der Waals surface area contributed by atoms with Gasteiger partial charge in [-0.3, -0.25) is 9.48 Å². The highest BCUT2D eigenvalue weighted by Crippen LogP contribution is 2.20. The monoisotopic (exact) mass is 224 g/mol. The molecule has 1 atom stereocenters. The minimum Gasteiger partial charge on any atom is -0.396 e. The maximum atomic E-state index is 12.1. The number of aliphatic hydroxyl groups is 1. The first-order valence-corrected chi connectivity index (χ1v) is 5.31. The quantitative estimate of drug-likeness (QED) is 0.706. The van der Waals surface area contributed by atoms with E-state index in [1.54, 1.807) is 11.9 Å².